The van der Waals surface area contributed by atoms with E-state index in [-0.39, 0.29) is 23.3 Å². The third-order valence-corrected chi connectivity index (χ3v) is 6.36. The minimum atomic E-state index is -0.822. The number of rotatable bonds is 5. The van der Waals surface area contributed by atoms with Gasteiger partial charge in [-0.2, -0.15) is 0 Å². The van der Waals surface area contributed by atoms with Crippen molar-refractivity contribution in [3.63, 3.8) is 0 Å². The number of aromatic nitrogens is 1. The van der Waals surface area contributed by atoms with Gasteiger partial charge in [-0.05, 0) is 52.9 Å². The molecule has 0 saturated carbocycles. The fraction of sp³-hybridized carbons (Fsp3) is 0.250. The van der Waals surface area contributed by atoms with E-state index in [1.165, 1.54) is 12.0 Å². The van der Waals surface area contributed by atoms with Gasteiger partial charge in [0.05, 0.1) is 36.5 Å². The molecule has 7 heteroatoms. The molecule has 1 unspecified atom stereocenters. The fourth-order valence-electron chi connectivity index (χ4n) is 4.21. The van der Waals surface area contributed by atoms with Crippen LogP contribution in [0.15, 0.2) is 72.4 Å². The summed E-state index contributed by atoms with van der Waals surface area (Å²) in [4.78, 5) is 32.3. The maximum absolute atomic E-state index is 13.4. The van der Waals surface area contributed by atoms with E-state index < -0.39 is 17.7 Å². The number of ether oxygens (including phenoxy) is 1. The zero-order chi connectivity index (χ0) is 25.3. The van der Waals surface area contributed by atoms with Crippen LogP contribution in [0.25, 0.3) is 5.76 Å². The molecule has 1 aliphatic heterocycles. The molecule has 1 aliphatic rings. The average molecular weight is 491 g/mol. The Balaban J connectivity index is 1.92. The van der Waals surface area contributed by atoms with Crippen LogP contribution in [0.4, 0.5) is 0 Å². The van der Waals surface area contributed by atoms with Crippen molar-refractivity contribution in [1.29, 1.82) is 0 Å². The highest BCUT2D eigenvalue weighted by atomic mass is 35.5. The van der Waals surface area contributed by atoms with Crippen LogP contribution in [0.1, 0.15) is 49.2 Å². The van der Waals surface area contributed by atoms with E-state index in [0.717, 1.165) is 5.56 Å². The van der Waals surface area contributed by atoms with Gasteiger partial charge in [0, 0.05) is 11.2 Å². The number of aliphatic hydroxyl groups excluding tert-OH is 1. The van der Waals surface area contributed by atoms with E-state index in [2.05, 4.69) is 25.8 Å². The van der Waals surface area contributed by atoms with Gasteiger partial charge in [0.25, 0.3) is 11.7 Å². The minimum Gasteiger partial charge on any atom is -0.507 e. The number of halogens is 1. The largest absolute Gasteiger partial charge is 0.507 e. The number of carbonyl (C=O) groups is 2. The van der Waals surface area contributed by atoms with Crippen LogP contribution >= 0.6 is 11.6 Å². The number of benzene rings is 2. The molecule has 4 rings (SSSR count). The number of aliphatic hydroxyl groups is 1. The third-order valence-electron chi connectivity index (χ3n) is 6.10. The Morgan fingerprint density at radius 1 is 1.09 bits per heavy atom. The Bertz CT molecular complexity index is 1290. The molecule has 0 aliphatic carbocycles. The summed E-state index contributed by atoms with van der Waals surface area (Å²) in [6, 6.07) is 16.9. The van der Waals surface area contributed by atoms with Gasteiger partial charge in [-0.1, -0.05) is 56.6 Å². The molecule has 1 fully saturated rings. The molecule has 0 radical (unpaired) electrons. The lowest BCUT2D eigenvalue weighted by Gasteiger charge is -2.25. The molecule has 2 aromatic carbocycles. The maximum Gasteiger partial charge on any atom is 0.296 e. The lowest BCUT2D eigenvalue weighted by molar-refractivity contribution is -0.140. The van der Waals surface area contributed by atoms with Crippen molar-refractivity contribution in [2.75, 3.05) is 7.11 Å². The highest BCUT2D eigenvalue weighted by molar-refractivity contribution is 6.46. The third kappa shape index (κ3) is 4.80. The number of methoxy groups -OCH3 is 1. The zero-order valence-corrected chi connectivity index (χ0v) is 20.8. The molecule has 0 bridgehead atoms. The smallest absolute Gasteiger partial charge is 0.296 e. The summed E-state index contributed by atoms with van der Waals surface area (Å²) in [5.41, 5.74) is 2.37. The fourth-order valence-corrected chi connectivity index (χ4v) is 4.33. The molecule has 0 spiro atoms. The van der Waals surface area contributed by atoms with Crippen molar-refractivity contribution in [3.8, 4) is 5.75 Å². The number of Topliss-reactive ketones (excluding diaryl/α,β-unsaturated/α-hetero) is 1. The van der Waals surface area contributed by atoms with Crippen molar-refractivity contribution >= 4 is 29.1 Å². The topological polar surface area (TPSA) is 79.7 Å². The first-order valence-corrected chi connectivity index (χ1v) is 11.6. The highest BCUT2D eigenvalue weighted by Crippen LogP contribution is 2.42. The van der Waals surface area contributed by atoms with Crippen LogP contribution in [0, 0.1) is 0 Å². The summed E-state index contributed by atoms with van der Waals surface area (Å²) < 4.78 is 5.50. The van der Waals surface area contributed by atoms with Gasteiger partial charge in [0.15, 0.2) is 0 Å². The summed E-state index contributed by atoms with van der Waals surface area (Å²) >= 11 is 6.10. The lowest BCUT2D eigenvalue weighted by Crippen LogP contribution is -2.29. The van der Waals surface area contributed by atoms with Crippen molar-refractivity contribution < 1.29 is 19.4 Å². The molecule has 1 saturated heterocycles. The lowest BCUT2D eigenvalue weighted by atomic mass is 9.85. The second kappa shape index (κ2) is 9.55. The predicted molar refractivity (Wildman–Crippen MR) is 135 cm³/mol. The predicted octanol–water partition coefficient (Wildman–Crippen LogP) is 5.66. The minimum absolute atomic E-state index is 0.00221. The number of likely N-dealkylation sites (tertiary alicyclic amines) is 1. The first kappa shape index (κ1) is 24.5. The molecule has 1 aromatic heterocycles. The van der Waals surface area contributed by atoms with Gasteiger partial charge < -0.3 is 14.7 Å². The van der Waals surface area contributed by atoms with E-state index in [4.69, 9.17) is 16.3 Å². The number of pyridine rings is 1. The molecule has 1 atom stereocenters. The number of hydrogen-bond acceptors (Lipinski definition) is 5. The van der Waals surface area contributed by atoms with E-state index >= 15 is 0 Å². The van der Waals surface area contributed by atoms with Gasteiger partial charge in [-0.25, -0.2) is 0 Å². The van der Waals surface area contributed by atoms with Crippen LogP contribution in [-0.2, 0) is 21.5 Å². The molecule has 3 aromatic rings. The van der Waals surface area contributed by atoms with Crippen LogP contribution < -0.4 is 4.74 Å². The maximum atomic E-state index is 13.4. The normalized spacial score (nSPS) is 17.6. The van der Waals surface area contributed by atoms with E-state index in [0.29, 0.717) is 27.6 Å². The highest BCUT2D eigenvalue weighted by Gasteiger charge is 2.46. The standard InChI is InChI=1S/C28H27ClN2O4/c1-28(2,3)18-10-13-22(35-4)21(15-18)25(32)23-24(17-8-11-19(29)12-9-17)31(27(34)26(23)33)16-20-7-5-6-14-30-20/h5-15,24,32H,16H2,1-4H3/b25-23+. The molecule has 1 amide bonds. The summed E-state index contributed by atoms with van der Waals surface area (Å²) in [5, 5.41) is 12.1. The molecular weight excluding hydrogens is 464 g/mol. The summed E-state index contributed by atoms with van der Waals surface area (Å²) in [7, 11) is 1.50. The van der Waals surface area contributed by atoms with Gasteiger partial charge >= 0.3 is 0 Å². The average Bonchev–Trinajstić information content (AvgIpc) is 3.08. The van der Waals surface area contributed by atoms with Gasteiger partial charge in [0.1, 0.15) is 11.5 Å². The first-order chi connectivity index (χ1) is 16.6. The van der Waals surface area contributed by atoms with Crippen LogP contribution in [0.3, 0.4) is 0 Å². The Kier molecular flexibility index (Phi) is 6.68. The number of ketones is 1. The van der Waals surface area contributed by atoms with Crippen molar-refractivity contribution in [2.24, 2.45) is 0 Å². The Morgan fingerprint density at radius 3 is 2.40 bits per heavy atom. The monoisotopic (exact) mass is 490 g/mol. The quantitative estimate of drug-likeness (QED) is 0.283. The number of amides is 1. The molecule has 180 valence electrons. The van der Waals surface area contributed by atoms with Gasteiger partial charge in [-0.15, -0.1) is 0 Å². The summed E-state index contributed by atoms with van der Waals surface area (Å²) in [6.07, 6.45) is 1.63. The van der Waals surface area contributed by atoms with Crippen LogP contribution in [0.5, 0.6) is 5.75 Å². The van der Waals surface area contributed by atoms with E-state index in [1.807, 2.05) is 12.1 Å². The zero-order valence-electron chi connectivity index (χ0n) is 20.1. The molecule has 6 nitrogen and oxygen atoms in total. The Labute approximate surface area is 209 Å². The summed E-state index contributed by atoms with van der Waals surface area (Å²) in [6.45, 7) is 6.27. The molecular formula is C28H27ClN2O4. The van der Waals surface area contributed by atoms with Crippen molar-refractivity contribution in [3.05, 3.63) is 99.8 Å². The van der Waals surface area contributed by atoms with Crippen molar-refractivity contribution in [2.45, 2.75) is 38.8 Å². The molecule has 35 heavy (non-hydrogen) atoms. The molecule has 1 N–H and O–H groups in total. The number of hydrogen-bond donors (Lipinski definition) is 1. The second-order valence-corrected chi connectivity index (χ2v) is 9.90. The number of nitrogens with zero attached hydrogens (tertiary/aromatic N) is 2. The SMILES string of the molecule is COc1ccc(C(C)(C)C)cc1/C(O)=C1\C(=O)C(=O)N(Cc2ccccn2)C1c1ccc(Cl)cc1. The van der Waals surface area contributed by atoms with Crippen LogP contribution in [0.2, 0.25) is 5.02 Å². The second-order valence-electron chi connectivity index (χ2n) is 9.46. The Hall–Kier alpha value is -3.64. The van der Waals surface area contributed by atoms with E-state index in [1.54, 1.807) is 54.7 Å². The summed E-state index contributed by atoms with van der Waals surface area (Å²) in [5.74, 6) is -1.35. The van der Waals surface area contributed by atoms with Crippen molar-refractivity contribution in [1.82, 2.24) is 9.88 Å². The van der Waals surface area contributed by atoms with Crippen LogP contribution in [-0.4, -0.2) is 33.8 Å². The number of carbonyl (C=O) groups excluding carboxylic acids is 2. The molecule has 2 heterocycles. The Morgan fingerprint density at radius 2 is 1.80 bits per heavy atom. The van der Waals surface area contributed by atoms with E-state index in [9.17, 15) is 14.7 Å². The van der Waals surface area contributed by atoms with Gasteiger partial charge in [0.2, 0.25) is 0 Å². The van der Waals surface area contributed by atoms with Gasteiger partial charge in [-0.3, -0.25) is 14.6 Å². The first-order valence-electron chi connectivity index (χ1n) is 11.2.